The molecule has 0 unspecified atom stereocenters. The van der Waals surface area contributed by atoms with Crippen molar-refractivity contribution in [2.24, 2.45) is 0 Å². The average molecular weight is 406 g/mol. The number of hydrogen-bond donors (Lipinski definition) is 2. The van der Waals surface area contributed by atoms with E-state index in [0.717, 1.165) is 4.68 Å². The third-order valence-electron chi connectivity index (χ3n) is 4.64. The zero-order valence-corrected chi connectivity index (χ0v) is 15.2. The predicted molar refractivity (Wildman–Crippen MR) is 98.0 cm³/mol. The van der Waals surface area contributed by atoms with E-state index in [1.54, 1.807) is 36.4 Å². The molecule has 0 saturated carbocycles. The van der Waals surface area contributed by atoms with Crippen molar-refractivity contribution in [2.45, 2.75) is 24.7 Å². The standard InChI is InChI=1S/C19H17F3N4O3/c1-28-12-5-2-4-11(8-12)23-18(27)14-10-17-24-13(15-6-3-7-29-15)9-16(19(20,21)22)26(17)25-14/h2-8,10,13,16,24H,9H2,1H3,(H,23,27)/t13-,16+/m0/s1. The van der Waals surface area contributed by atoms with Gasteiger partial charge < -0.3 is 19.8 Å². The van der Waals surface area contributed by atoms with Crippen molar-refractivity contribution < 1.29 is 27.1 Å². The number of benzene rings is 1. The van der Waals surface area contributed by atoms with Gasteiger partial charge in [-0.1, -0.05) is 6.07 Å². The van der Waals surface area contributed by atoms with Gasteiger partial charge >= 0.3 is 6.18 Å². The Bertz CT molecular complexity index is 1010. The van der Waals surface area contributed by atoms with Crippen LogP contribution in [0.25, 0.3) is 0 Å². The monoisotopic (exact) mass is 406 g/mol. The number of nitrogens with one attached hydrogen (secondary N) is 2. The molecule has 4 rings (SSSR count). The van der Waals surface area contributed by atoms with Crippen LogP contribution in [0.1, 0.15) is 34.8 Å². The highest BCUT2D eigenvalue weighted by atomic mass is 19.4. The molecule has 3 aromatic rings. The van der Waals surface area contributed by atoms with E-state index in [0.29, 0.717) is 17.2 Å². The molecular weight excluding hydrogens is 389 g/mol. The summed E-state index contributed by atoms with van der Waals surface area (Å²) in [6, 6.07) is 8.56. The van der Waals surface area contributed by atoms with Crippen molar-refractivity contribution in [3.63, 3.8) is 0 Å². The Kier molecular flexibility index (Phi) is 4.69. The molecule has 2 aromatic heterocycles. The maximum absolute atomic E-state index is 13.6. The lowest BCUT2D eigenvalue weighted by molar-refractivity contribution is -0.174. The average Bonchev–Trinajstić information content (AvgIpc) is 3.36. The van der Waals surface area contributed by atoms with E-state index in [1.807, 2.05) is 0 Å². The van der Waals surface area contributed by atoms with Crippen LogP contribution >= 0.6 is 0 Å². The minimum absolute atomic E-state index is 0.0933. The quantitative estimate of drug-likeness (QED) is 0.671. The molecule has 2 N–H and O–H groups in total. The van der Waals surface area contributed by atoms with E-state index in [4.69, 9.17) is 9.15 Å². The van der Waals surface area contributed by atoms with Crippen molar-refractivity contribution in [2.75, 3.05) is 17.7 Å². The lowest BCUT2D eigenvalue weighted by Gasteiger charge is -2.32. The molecule has 0 spiro atoms. The van der Waals surface area contributed by atoms with Gasteiger partial charge in [-0.2, -0.15) is 18.3 Å². The fraction of sp³-hybridized carbons (Fsp3) is 0.263. The zero-order chi connectivity index (χ0) is 20.6. The lowest BCUT2D eigenvalue weighted by Crippen LogP contribution is -2.35. The normalized spacial score (nSPS) is 18.6. The maximum atomic E-state index is 13.6. The highest BCUT2D eigenvalue weighted by molar-refractivity contribution is 6.03. The SMILES string of the molecule is COc1cccc(NC(=O)c2cc3n(n2)[C@@H](C(F)(F)F)C[C@@H](c2ccco2)N3)c1. The summed E-state index contributed by atoms with van der Waals surface area (Å²) in [5.74, 6) is 0.384. The second-order valence-electron chi connectivity index (χ2n) is 6.55. The fourth-order valence-electron chi connectivity index (χ4n) is 3.26. The molecule has 0 bridgehead atoms. The van der Waals surface area contributed by atoms with E-state index in [1.165, 1.54) is 19.4 Å². The number of nitrogens with zero attached hydrogens (tertiary/aromatic N) is 2. The highest BCUT2D eigenvalue weighted by Crippen LogP contribution is 2.43. The van der Waals surface area contributed by atoms with Crippen LogP contribution in [0.4, 0.5) is 24.7 Å². The first kappa shape index (κ1) is 18.9. The van der Waals surface area contributed by atoms with Crippen molar-refractivity contribution in [1.29, 1.82) is 0 Å². The predicted octanol–water partition coefficient (Wildman–Crippen LogP) is 4.40. The second-order valence-corrected chi connectivity index (χ2v) is 6.55. The minimum atomic E-state index is -4.53. The topological polar surface area (TPSA) is 81.3 Å². The molecule has 0 aliphatic carbocycles. The van der Waals surface area contributed by atoms with Gasteiger partial charge in [-0.05, 0) is 24.3 Å². The van der Waals surface area contributed by atoms with E-state index in [9.17, 15) is 18.0 Å². The summed E-state index contributed by atoms with van der Waals surface area (Å²) in [5.41, 5.74) is 0.304. The van der Waals surface area contributed by atoms with E-state index in [-0.39, 0.29) is 17.9 Å². The number of furan rings is 1. The van der Waals surface area contributed by atoms with Gasteiger partial charge in [0.1, 0.15) is 17.3 Å². The number of alkyl halides is 3. The Labute approximate surface area is 163 Å². The first-order valence-corrected chi connectivity index (χ1v) is 8.77. The Hall–Kier alpha value is -3.43. The number of carbonyl (C=O) groups excluding carboxylic acids is 1. The van der Waals surface area contributed by atoms with E-state index < -0.39 is 24.2 Å². The molecule has 29 heavy (non-hydrogen) atoms. The molecule has 2 atom stereocenters. The summed E-state index contributed by atoms with van der Waals surface area (Å²) < 4.78 is 52.1. The minimum Gasteiger partial charge on any atom is -0.497 e. The number of aromatic nitrogens is 2. The Morgan fingerprint density at radius 2 is 2.14 bits per heavy atom. The number of halogens is 3. The number of hydrogen-bond acceptors (Lipinski definition) is 5. The summed E-state index contributed by atoms with van der Waals surface area (Å²) in [7, 11) is 1.49. The van der Waals surface area contributed by atoms with E-state index >= 15 is 0 Å². The van der Waals surface area contributed by atoms with Crippen molar-refractivity contribution in [3.8, 4) is 5.75 Å². The number of rotatable bonds is 4. The highest BCUT2D eigenvalue weighted by Gasteiger charge is 2.47. The lowest BCUT2D eigenvalue weighted by atomic mass is 10.0. The van der Waals surface area contributed by atoms with Crippen LogP contribution in [-0.2, 0) is 0 Å². The van der Waals surface area contributed by atoms with Gasteiger partial charge in [0.05, 0.1) is 19.4 Å². The van der Waals surface area contributed by atoms with Gasteiger partial charge in [0.2, 0.25) is 0 Å². The molecule has 3 heterocycles. The van der Waals surface area contributed by atoms with Crippen LogP contribution < -0.4 is 15.4 Å². The molecule has 152 valence electrons. The van der Waals surface area contributed by atoms with Crippen molar-refractivity contribution in [1.82, 2.24) is 9.78 Å². The van der Waals surface area contributed by atoms with Crippen LogP contribution in [0.3, 0.4) is 0 Å². The third kappa shape index (κ3) is 3.78. The summed E-state index contributed by atoms with van der Waals surface area (Å²) in [6.45, 7) is 0. The van der Waals surface area contributed by atoms with Gasteiger partial charge in [0.15, 0.2) is 11.7 Å². The third-order valence-corrected chi connectivity index (χ3v) is 4.64. The Morgan fingerprint density at radius 1 is 1.31 bits per heavy atom. The number of anilines is 2. The van der Waals surface area contributed by atoms with Crippen LogP contribution in [0, 0.1) is 0 Å². The number of fused-ring (bicyclic) bond motifs is 1. The van der Waals surface area contributed by atoms with Crippen LogP contribution in [0.15, 0.2) is 53.1 Å². The zero-order valence-electron chi connectivity index (χ0n) is 15.2. The Balaban J connectivity index is 1.62. The molecule has 1 aromatic carbocycles. The first-order valence-electron chi connectivity index (χ1n) is 8.77. The smallest absolute Gasteiger partial charge is 0.410 e. The van der Waals surface area contributed by atoms with Crippen molar-refractivity contribution >= 4 is 17.4 Å². The van der Waals surface area contributed by atoms with Gasteiger partial charge in [-0.15, -0.1) is 0 Å². The van der Waals surface area contributed by atoms with Crippen molar-refractivity contribution in [3.05, 3.63) is 60.2 Å². The maximum Gasteiger partial charge on any atom is 0.410 e. The molecule has 10 heteroatoms. The molecule has 7 nitrogen and oxygen atoms in total. The molecule has 1 aliphatic heterocycles. The van der Waals surface area contributed by atoms with Gasteiger partial charge in [-0.3, -0.25) is 4.79 Å². The molecule has 1 aliphatic rings. The van der Waals surface area contributed by atoms with Gasteiger partial charge in [0, 0.05) is 24.2 Å². The van der Waals surface area contributed by atoms with Gasteiger partial charge in [-0.25, -0.2) is 4.68 Å². The largest absolute Gasteiger partial charge is 0.497 e. The summed E-state index contributed by atoms with van der Waals surface area (Å²) >= 11 is 0. The number of amides is 1. The molecule has 0 radical (unpaired) electrons. The second kappa shape index (κ2) is 7.19. The molecular formula is C19H17F3N4O3. The van der Waals surface area contributed by atoms with Crippen LogP contribution in [0.5, 0.6) is 5.75 Å². The first-order chi connectivity index (χ1) is 13.8. The van der Waals surface area contributed by atoms with E-state index in [2.05, 4.69) is 15.7 Å². The fourth-order valence-corrected chi connectivity index (χ4v) is 3.26. The van der Waals surface area contributed by atoms with Gasteiger partial charge in [0.25, 0.3) is 5.91 Å². The Morgan fingerprint density at radius 3 is 2.83 bits per heavy atom. The molecule has 0 fully saturated rings. The number of carbonyl (C=O) groups is 1. The molecule has 1 amide bonds. The number of methoxy groups -OCH3 is 1. The summed E-state index contributed by atoms with van der Waals surface area (Å²) in [4.78, 5) is 12.5. The number of ether oxygens (including phenoxy) is 1. The summed E-state index contributed by atoms with van der Waals surface area (Å²) in [5, 5.41) is 9.49. The van der Waals surface area contributed by atoms with Crippen LogP contribution in [-0.4, -0.2) is 29.0 Å². The molecule has 0 saturated heterocycles. The van der Waals surface area contributed by atoms with Crippen LogP contribution in [0.2, 0.25) is 0 Å². The summed E-state index contributed by atoms with van der Waals surface area (Å²) in [6.07, 6.45) is -3.44.